The summed E-state index contributed by atoms with van der Waals surface area (Å²) >= 11 is 0. The third-order valence-corrected chi connectivity index (χ3v) is 7.68. The predicted octanol–water partition coefficient (Wildman–Crippen LogP) is 1.86. The van der Waals surface area contributed by atoms with Crippen LogP contribution in [0.5, 0.6) is 5.75 Å². The van der Waals surface area contributed by atoms with Gasteiger partial charge in [0.25, 0.3) is 10.0 Å². The third kappa shape index (κ3) is 4.02. The van der Waals surface area contributed by atoms with Crippen molar-refractivity contribution in [2.75, 3.05) is 38.2 Å². The lowest BCUT2D eigenvalue weighted by molar-refractivity contribution is -0.138. The van der Waals surface area contributed by atoms with Gasteiger partial charge in [-0.2, -0.15) is 0 Å². The van der Waals surface area contributed by atoms with Crippen LogP contribution in [0.1, 0.15) is 12.8 Å². The SMILES string of the molecule is COc1ccccc1N1CCN(C(=O)[C@H]2CCC(=O)N2S(=O)(=O)c2ccc(F)cc2)CC1. The summed E-state index contributed by atoms with van der Waals surface area (Å²) in [5, 5.41) is 0. The monoisotopic (exact) mass is 461 g/mol. The fraction of sp³-hybridized carbons (Fsp3) is 0.364. The van der Waals surface area contributed by atoms with Crippen molar-refractivity contribution in [1.82, 2.24) is 9.21 Å². The number of methoxy groups -OCH3 is 1. The summed E-state index contributed by atoms with van der Waals surface area (Å²) in [5.41, 5.74) is 0.929. The van der Waals surface area contributed by atoms with E-state index >= 15 is 0 Å². The van der Waals surface area contributed by atoms with Crippen molar-refractivity contribution in [3.8, 4) is 5.75 Å². The minimum atomic E-state index is -4.26. The molecule has 8 nitrogen and oxygen atoms in total. The zero-order valence-electron chi connectivity index (χ0n) is 17.6. The van der Waals surface area contributed by atoms with Crippen LogP contribution < -0.4 is 9.64 Å². The Balaban J connectivity index is 1.49. The van der Waals surface area contributed by atoms with Gasteiger partial charge in [0.05, 0.1) is 17.7 Å². The number of rotatable bonds is 5. The standard InChI is InChI=1S/C22H24FN3O5S/c1-31-20-5-3-2-4-18(20)24-12-14-25(15-13-24)22(28)19-10-11-21(27)26(19)32(29,30)17-8-6-16(23)7-9-17/h2-9,19H,10-15H2,1H3/t19-/m1/s1. The first-order chi connectivity index (χ1) is 15.3. The molecule has 0 spiro atoms. The highest BCUT2D eigenvalue weighted by molar-refractivity contribution is 7.89. The van der Waals surface area contributed by atoms with Gasteiger partial charge in [0.2, 0.25) is 11.8 Å². The molecule has 0 aromatic heterocycles. The number of benzene rings is 2. The summed E-state index contributed by atoms with van der Waals surface area (Å²) in [6.07, 6.45) is 0.100. The molecule has 1 atom stereocenters. The Kier molecular flexibility index (Phi) is 6.05. The summed E-state index contributed by atoms with van der Waals surface area (Å²) in [6, 6.07) is 10.8. The molecule has 0 unspecified atom stereocenters. The maximum atomic E-state index is 13.2. The minimum Gasteiger partial charge on any atom is -0.495 e. The van der Waals surface area contributed by atoms with Gasteiger partial charge in [-0.15, -0.1) is 0 Å². The Morgan fingerprint density at radius 3 is 2.34 bits per heavy atom. The summed E-state index contributed by atoms with van der Waals surface area (Å²) in [6.45, 7) is 1.90. The van der Waals surface area contributed by atoms with Gasteiger partial charge in [-0.25, -0.2) is 17.1 Å². The molecule has 2 aliphatic heterocycles. The summed E-state index contributed by atoms with van der Waals surface area (Å²) in [5.74, 6) is -0.857. The molecular weight excluding hydrogens is 437 g/mol. The van der Waals surface area contributed by atoms with E-state index in [0.717, 1.165) is 35.7 Å². The van der Waals surface area contributed by atoms with E-state index < -0.39 is 27.8 Å². The smallest absolute Gasteiger partial charge is 0.267 e. The number of anilines is 1. The number of carbonyl (C=O) groups excluding carboxylic acids is 2. The van der Waals surface area contributed by atoms with Crippen LogP contribution in [0, 0.1) is 5.82 Å². The van der Waals surface area contributed by atoms with Crippen molar-refractivity contribution in [2.24, 2.45) is 0 Å². The van der Waals surface area contributed by atoms with Crippen LogP contribution in [0.25, 0.3) is 0 Å². The van der Waals surface area contributed by atoms with E-state index in [-0.39, 0.29) is 23.6 Å². The number of para-hydroxylation sites is 2. The molecule has 2 aromatic rings. The molecule has 0 radical (unpaired) electrons. The number of halogens is 1. The van der Waals surface area contributed by atoms with Gasteiger partial charge in [0, 0.05) is 32.6 Å². The number of sulfonamides is 1. The lowest BCUT2D eigenvalue weighted by Crippen LogP contribution is -2.55. The second-order valence-electron chi connectivity index (χ2n) is 7.69. The highest BCUT2D eigenvalue weighted by Crippen LogP contribution is 2.31. The third-order valence-electron chi connectivity index (χ3n) is 5.83. The molecule has 2 heterocycles. The van der Waals surface area contributed by atoms with Crippen LogP contribution in [0.2, 0.25) is 0 Å². The quantitative estimate of drug-likeness (QED) is 0.676. The van der Waals surface area contributed by atoms with Crippen LogP contribution in [-0.4, -0.2) is 68.8 Å². The largest absolute Gasteiger partial charge is 0.495 e. The van der Waals surface area contributed by atoms with Crippen molar-refractivity contribution >= 4 is 27.5 Å². The van der Waals surface area contributed by atoms with Crippen molar-refractivity contribution in [2.45, 2.75) is 23.8 Å². The predicted molar refractivity (Wildman–Crippen MR) is 115 cm³/mol. The van der Waals surface area contributed by atoms with Crippen LogP contribution in [0.4, 0.5) is 10.1 Å². The summed E-state index contributed by atoms with van der Waals surface area (Å²) < 4.78 is 45.4. The zero-order chi connectivity index (χ0) is 22.9. The molecule has 4 rings (SSSR count). The molecule has 32 heavy (non-hydrogen) atoms. The van der Waals surface area contributed by atoms with Gasteiger partial charge in [-0.3, -0.25) is 9.59 Å². The van der Waals surface area contributed by atoms with Gasteiger partial charge in [-0.05, 0) is 42.8 Å². The number of amides is 2. The Morgan fingerprint density at radius 1 is 1.03 bits per heavy atom. The first-order valence-electron chi connectivity index (χ1n) is 10.3. The van der Waals surface area contributed by atoms with E-state index in [1.165, 1.54) is 0 Å². The molecule has 10 heteroatoms. The number of ether oxygens (including phenoxy) is 1. The topological polar surface area (TPSA) is 87.2 Å². The van der Waals surface area contributed by atoms with E-state index in [4.69, 9.17) is 4.74 Å². The van der Waals surface area contributed by atoms with Gasteiger partial charge in [0.1, 0.15) is 17.6 Å². The number of hydrogen-bond acceptors (Lipinski definition) is 6. The Morgan fingerprint density at radius 2 is 1.69 bits per heavy atom. The van der Waals surface area contributed by atoms with Crippen LogP contribution in [0.3, 0.4) is 0 Å². The van der Waals surface area contributed by atoms with Gasteiger partial charge in [0.15, 0.2) is 0 Å². The molecule has 2 amide bonds. The second-order valence-corrected chi connectivity index (χ2v) is 9.50. The fourth-order valence-electron chi connectivity index (χ4n) is 4.18. The fourth-order valence-corrected chi connectivity index (χ4v) is 5.77. The zero-order valence-corrected chi connectivity index (χ0v) is 18.4. The number of piperazine rings is 1. The molecule has 0 aliphatic carbocycles. The van der Waals surface area contributed by atoms with E-state index in [9.17, 15) is 22.4 Å². The van der Waals surface area contributed by atoms with Crippen molar-refractivity contribution in [3.63, 3.8) is 0 Å². The molecule has 0 N–H and O–H groups in total. The van der Waals surface area contributed by atoms with Gasteiger partial charge >= 0.3 is 0 Å². The highest BCUT2D eigenvalue weighted by Gasteiger charge is 2.45. The van der Waals surface area contributed by atoms with Crippen LogP contribution >= 0.6 is 0 Å². The maximum absolute atomic E-state index is 13.2. The first kappa shape index (κ1) is 22.1. The number of carbonyl (C=O) groups is 2. The number of hydrogen-bond donors (Lipinski definition) is 0. The van der Waals surface area contributed by atoms with Crippen molar-refractivity contribution < 1.29 is 27.1 Å². The minimum absolute atomic E-state index is 0.0298. The molecule has 2 aliphatic rings. The average Bonchev–Trinajstić information content (AvgIpc) is 3.21. The summed E-state index contributed by atoms with van der Waals surface area (Å²) in [4.78, 5) is 29.2. The second kappa shape index (κ2) is 8.78. The normalized spacial score (nSPS) is 19.4. The van der Waals surface area contributed by atoms with Crippen molar-refractivity contribution in [1.29, 1.82) is 0 Å². The molecule has 0 bridgehead atoms. The lowest BCUT2D eigenvalue weighted by atomic mass is 10.1. The number of nitrogens with zero attached hydrogens (tertiary/aromatic N) is 3. The molecule has 2 saturated heterocycles. The van der Waals surface area contributed by atoms with Crippen LogP contribution in [0.15, 0.2) is 53.4 Å². The molecule has 170 valence electrons. The molecule has 0 saturated carbocycles. The Hall–Kier alpha value is -3.14. The van der Waals surface area contributed by atoms with E-state index in [1.807, 2.05) is 24.3 Å². The Labute approximate surface area is 186 Å². The average molecular weight is 462 g/mol. The van der Waals surface area contributed by atoms with E-state index in [0.29, 0.717) is 30.5 Å². The summed E-state index contributed by atoms with van der Waals surface area (Å²) in [7, 11) is -2.65. The molecule has 2 fully saturated rings. The maximum Gasteiger partial charge on any atom is 0.267 e. The van der Waals surface area contributed by atoms with Gasteiger partial charge in [-0.1, -0.05) is 12.1 Å². The van der Waals surface area contributed by atoms with Crippen molar-refractivity contribution in [3.05, 3.63) is 54.3 Å². The van der Waals surface area contributed by atoms with Gasteiger partial charge < -0.3 is 14.5 Å². The Bertz CT molecular complexity index is 1110. The molecule has 2 aromatic carbocycles. The highest BCUT2D eigenvalue weighted by atomic mass is 32.2. The van der Waals surface area contributed by atoms with E-state index in [1.54, 1.807) is 12.0 Å². The first-order valence-corrected chi connectivity index (χ1v) is 11.8. The van der Waals surface area contributed by atoms with E-state index in [2.05, 4.69) is 4.90 Å². The lowest BCUT2D eigenvalue weighted by Gasteiger charge is -2.38. The van der Waals surface area contributed by atoms with Crippen LogP contribution in [-0.2, 0) is 19.6 Å². The molecular formula is C22H24FN3O5S.